The van der Waals surface area contributed by atoms with Crippen LogP contribution in [0.2, 0.25) is 5.02 Å². The first kappa shape index (κ1) is 21.4. The molecule has 2 amide bonds. The molecule has 6 nitrogen and oxygen atoms in total. The highest BCUT2D eigenvalue weighted by atomic mass is 35.5. The molecule has 0 spiro atoms. The van der Waals surface area contributed by atoms with Crippen LogP contribution in [0.5, 0.6) is 5.75 Å². The van der Waals surface area contributed by atoms with E-state index in [4.69, 9.17) is 21.1 Å². The first-order chi connectivity index (χ1) is 14.6. The van der Waals surface area contributed by atoms with E-state index < -0.39 is 0 Å². The molecule has 0 aliphatic carbocycles. The van der Waals surface area contributed by atoms with Crippen molar-refractivity contribution in [3.8, 4) is 5.75 Å². The lowest BCUT2D eigenvalue weighted by Crippen LogP contribution is -2.16. The van der Waals surface area contributed by atoms with Crippen LogP contribution in [-0.4, -0.2) is 32.1 Å². The van der Waals surface area contributed by atoms with Gasteiger partial charge in [-0.25, -0.2) is 0 Å². The molecule has 2 N–H and O–H groups in total. The fraction of sp³-hybridized carbons (Fsp3) is 0.130. The minimum Gasteiger partial charge on any atom is -0.490 e. The molecule has 0 aromatic heterocycles. The maximum absolute atomic E-state index is 12.7. The van der Waals surface area contributed by atoms with Gasteiger partial charge in [0.1, 0.15) is 12.4 Å². The molecule has 154 valence electrons. The van der Waals surface area contributed by atoms with Gasteiger partial charge >= 0.3 is 0 Å². The zero-order valence-corrected chi connectivity index (χ0v) is 17.1. The second-order valence-corrected chi connectivity index (χ2v) is 6.77. The summed E-state index contributed by atoms with van der Waals surface area (Å²) in [6.07, 6.45) is 0. The normalized spacial score (nSPS) is 10.3. The molecule has 0 heterocycles. The van der Waals surface area contributed by atoms with E-state index in [2.05, 4.69) is 10.6 Å². The van der Waals surface area contributed by atoms with E-state index in [9.17, 15) is 9.59 Å². The van der Waals surface area contributed by atoms with E-state index in [1.807, 2.05) is 0 Å². The first-order valence-corrected chi connectivity index (χ1v) is 9.64. The predicted molar refractivity (Wildman–Crippen MR) is 118 cm³/mol. The largest absolute Gasteiger partial charge is 0.490 e. The average Bonchev–Trinajstić information content (AvgIpc) is 2.74. The molecule has 3 aromatic carbocycles. The van der Waals surface area contributed by atoms with Crippen molar-refractivity contribution in [2.45, 2.75) is 0 Å². The molecule has 0 bridgehead atoms. The number of hydrogen-bond donors (Lipinski definition) is 2. The lowest BCUT2D eigenvalue weighted by molar-refractivity contribution is 0.101. The van der Waals surface area contributed by atoms with Gasteiger partial charge in [-0.05, 0) is 48.5 Å². The number of carbonyl (C=O) groups is 2. The lowest BCUT2D eigenvalue weighted by atomic mass is 10.1. The van der Waals surface area contributed by atoms with E-state index in [1.54, 1.807) is 79.9 Å². The van der Waals surface area contributed by atoms with Gasteiger partial charge in [0.05, 0.1) is 12.2 Å². The van der Waals surface area contributed by atoms with Gasteiger partial charge in [-0.2, -0.15) is 0 Å². The van der Waals surface area contributed by atoms with Crippen molar-refractivity contribution in [1.29, 1.82) is 0 Å². The molecule has 3 rings (SSSR count). The topological polar surface area (TPSA) is 76.7 Å². The molecule has 0 radical (unpaired) electrons. The second kappa shape index (κ2) is 10.4. The van der Waals surface area contributed by atoms with Gasteiger partial charge < -0.3 is 20.1 Å². The quantitative estimate of drug-likeness (QED) is 0.506. The number of amides is 2. The zero-order valence-electron chi connectivity index (χ0n) is 16.4. The fourth-order valence-electron chi connectivity index (χ4n) is 2.72. The number of ether oxygens (including phenoxy) is 2. The number of para-hydroxylation sites is 1. The Labute approximate surface area is 179 Å². The lowest BCUT2D eigenvalue weighted by Gasteiger charge is -2.12. The Morgan fingerprint density at radius 3 is 2.30 bits per heavy atom. The Morgan fingerprint density at radius 1 is 0.833 bits per heavy atom. The highest BCUT2D eigenvalue weighted by Crippen LogP contribution is 2.21. The summed E-state index contributed by atoms with van der Waals surface area (Å²) < 4.78 is 10.6. The third kappa shape index (κ3) is 5.83. The number of methoxy groups -OCH3 is 1. The Balaban J connectivity index is 1.71. The van der Waals surface area contributed by atoms with Gasteiger partial charge in [-0.15, -0.1) is 0 Å². The molecule has 3 aromatic rings. The number of halogens is 1. The maximum atomic E-state index is 12.7. The van der Waals surface area contributed by atoms with Crippen molar-refractivity contribution < 1.29 is 19.1 Å². The van der Waals surface area contributed by atoms with Crippen molar-refractivity contribution in [1.82, 2.24) is 0 Å². The van der Waals surface area contributed by atoms with E-state index in [0.717, 1.165) is 0 Å². The highest BCUT2D eigenvalue weighted by molar-refractivity contribution is 6.31. The number of rotatable bonds is 8. The number of benzene rings is 3. The molecule has 0 saturated carbocycles. The van der Waals surface area contributed by atoms with Crippen LogP contribution in [0.25, 0.3) is 0 Å². The van der Waals surface area contributed by atoms with E-state index in [-0.39, 0.29) is 11.8 Å². The molecule has 0 atom stereocenters. The van der Waals surface area contributed by atoms with Crippen LogP contribution in [0.4, 0.5) is 11.4 Å². The Hall–Kier alpha value is -3.35. The monoisotopic (exact) mass is 424 g/mol. The summed E-state index contributed by atoms with van der Waals surface area (Å²) in [5.41, 5.74) is 1.87. The summed E-state index contributed by atoms with van der Waals surface area (Å²) in [5, 5.41) is 6.12. The molecule has 0 unspecified atom stereocenters. The Morgan fingerprint density at radius 2 is 1.53 bits per heavy atom. The van der Waals surface area contributed by atoms with E-state index in [1.165, 1.54) is 0 Å². The standard InChI is InChI=1S/C23H21ClN2O4/c1-29-12-13-30-21-11-3-2-10-20(21)23(28)26-18-8-4-6-16(14-18)22(27)25-19-9-5-7-17(24)15-19/h2-11,14-15H,12-13H2,1H3,(H,25,27)(H,26,28). The van der Waals surface area contributed by atoms with Crippen LogP contribution in [0.3, 0.4) is 0 Å². The van der Waals surface area contributed by atoms with Crippen molar-refractivity contribution >= 4 is 34.8 Å². The van der Waals surface area contributed by atoms with Gasteiger partial charge in [-0.1, -0.05) is 35.9 Å². The van der Waals surface area contributed by atoms with Gasteiger partial charge in [0.2, 0.25) is 0 Å². The van der Waals surface area contributed by atoms with Crippen LogP contribution < -0.4 is 15.4 Å². The molecule has 7 heteroatoms. The summed E-state index contributed by atoms with van der Waals surface area (Å²) in [5.74, 6) is -0.186. The number of carbonyl (C=O) groups excluding carboxylic acids is 2. The van der Waals surface area contributed by atoms with Gasteiger partial charge in [-0.3, -0.25) is 9.59 Å². The number of anilines is 2. The molecular weight excluding hydrogens is 404 g/mol. The second-order valence-electron chi connectivity index (χ2n) is 6.34. The summed E-state index contributed by atoms with van der Waals surface area (Å²) in [4.78, 5) is 25.3. The van der Waals surface area contributed by atoms with Crippen LogP contribution in [0, 0.1) is 0 Å². The van der Waals surface area contributed by atoms with Gasteiger partial charge in [0, 0.05) is 29.1 Å². The van der Waals surface area contributed by atoms with E-state index in [0.29, 0.717) is 46.5 Å². The van der Waals surface area contributed by atoms with Crippen molar-refractivity contribution in [3.05, 3.63) is 88.9 Å². The molecule has 0 fully saturated rings. The minimum absolute atomic E-state index is 0.309. The summed E-state index contributed by atoms with van der Waals surface area (Å²) in [6, 6.07) is 20.5. The Kier molecular flexibility index (Phi) is 7.43. The van der Waals surface area contributed by atoms with Crippen molar-refractivity contribution in [3.63, 3.8) is 0 Å². The Bertz CT molecular complexity index is 1040. The average molecular weight is 425 g/mol. The number of nitrogens with one attached hydrogen (secondary N) is 2. The summed E-state index contributed by atoms with van der Waals surface area (Å²) in [6.45, 7) is 0.750. The van der Waals surface area contributed by atoms with Crippen LogP contribution in [0.1, 0.15) is 20.7 Å². The minimum atomic E-state index is -0.338. The summed E-state index contributed by atoms with van der Waals surface area (Å²) >= 11 is 5.95. The maximum Gasteiger partial charge on any atom is 0.259 e. The van der Waals surface area contributed by atoms with Gasteiger partial charge in [0.25, 0.3) is 11.8 Å². The smallest absolute Gasteiger partial charge is 0.259 e. The van der Waals surface area contributed by atoms with Crippen LogP contribution in [-0.2, 0) is 4.74 Å². The summed E-state index contributed by atoms with van der Waals surface area (Å²) in [7, 11) is 1.58. The third-order valence-corrected chi connectivity index (χ3v) is 4.38. The molecule has 0 aliphatic rings. The first-order valence-electron chi connectivity index (χ1n) is 9.26. The predicted octanol–water partition coefficient (Wildman–Crippen LogP) is 4.87. The molecule has 0 aliphatic heterocycles. The molecule has 0 saturated heterocycles. The number of hydrogen-bond acceptors (Lipinski definition) is 4. The SMILES string of the molecule is COCCOc1ccccc1C(=O)Nc1cccc(C(=O)Nc2cccc(Cl)c2)c1. The third-order valence-electron chi connectivity index (χ3n) is 4.14. The fourth-order valence-corrected chi connectivity index (χ4v) is 2.91. The van der Waals surface area contributed by atoms with Crippen molar-refractivity contribution in [2.24, 2.45) is 0 Å². The zero-order chi connectivity index (χ0) is 21.3. The van der Waals surface area contributed by atoms with E-state index >= 15 is 0 Å². The van der Waals surface area contributed by atoms with Crippen molar-refractivity contribution in [2.75, 3.05) is 31.0 Å². The molecule has 30 heavy (non-hydrogen) atoms. The van der Waals surface area contributed by atoms with Crippen LogP contribution >= 0.6 is 11.6 Å². The molecular formula is C23H21ClN2O4. The van der Waals surface area contributed by atoms with Gasteiger partial charge in [0.15, 0.2) is 0 Å². The highest BCUT2D eigenvalue weighted by Gasteiger charge is 2.14. The van der Waals surface area contributed by atoms with Crippen LogP contribution in [0.15, 0.2) is 72.8 Å².